The molecule has 2 nitrogen and oxygen atoms in total. The molecular formula is C28H25NO. The Hall–Kier alpha value is -3.39. The van der Waals surface area contributed by atoms with Gasteiger partial charge in [-0.05, 0) is 46.8 Å². The van der Waals surface area contributed by atoms with E-state index in [4.69, 9.17) is 7.16 Å². The van der Waals surface area contributed by atoms with Crippen molar-refractivity contribution >= 4 is 21.9 Å². The molecule has 0 aliphatic carbocycles. The van der Waals surface area contributed by atoms with Gasteiger partial charge in [0.15, 0.2) is 0 Å². The molecule has 0 spiro atoms. The van der Waals surface area contributed by atoms with Gasteiger partial charge < -0.3 is 4.42 Å². The largest absolute Gasteiger partial charge is 0.455 e. The zero-order valence-corrected chi connectivity index (χ0v) is 17.4. The van der Waals surface area contributed by atoms with Crippen LogP contribution in [-0.2, 0) is 0 Å². The molecule has 2 heterocycles. The monoisotopic (exact) mass is 393 g/mol. The molecule has 3 aromatic carbocycles. The maximum atomic E-state index is 9.01. The summed E-state index contributed by atoms with van der Waals surface area (Å²) in [4.78, 5) is 4.57. The van der Waals surface area contributed by atoms with Crippen LogP contribution in [0.5, 0.6) is 0 Å². The fraction of sp³-hybridized carbons (Fsp3) is 0.179. The molecule has 0 aliphatic rings. The van der Waals surface area contributed by atoms with Gasteiger partial charge in [0.25, 0.3) is 0 Å². The summed E-state index contributed by atoms with van der Waals surface area (Å²) >= 11 is 0. The van der Waals surface area contributed by atoms with Crippen LogP contribution in [0.15, 0.2) is 89.5 Å². The van der Waals surface area contributed by atoms with Crippen molar-refractivity contribution in [1.29, 1.82) is 0 Å². The summed E-state index contributed by atoms with van der Waals surface area (Å²) in [6.07, 6.45) is 1.76. The molecule has 0 amide bonds. The summed E-state index contributed by atoms with van der Waals surface area (Å²) in [6.45, 7) is 5.66. The molecule has 2 aromatic heterocycles. The molecule has 0 radical (unpaired) electrons. The Balaban J connectivity index is 1.67. The third-order valence-electron chi connectivity index (χ3n) is 5.75. The number of hydrogen-bond donors (Lipinski definition) is 0. The predicted octanol–water partition coefficient (Wildman–Crippen LogP) is 7.92. The molecule has 30 heavy (non-hydrogen) atoms. The zero-order chi connectivity index (χ0) is 22.5. The molecule has 148 valence electrons. The van der Waals surface area contributed by atoms with Crippen LogP contribution >= 0.6 is 0 Å². The van der Waals surface area contributed by atoms with Crippen molar-refractivity contribution in [3.05, 3.63) is 102 Å². The number of benzene rings is 3. The predicted molar refractivity (Wildman–Crippen MR) is 125 cm³/mol. The van der Waals surface area contributed by atoms with Gasteiger partial charge in [0, 0.05) is 31.2 Å². The Kier molecular flexibility index (Phi) is 4.08. The quantitative estimate of drug-likeness (QED) is 0.310. The number of aromatic nitrogens is 1. The minimum atomic E-state index is -0.882. The van der Waals surface area contributed by atoms with E-state index in [9.17, 15) is 0 Å². The van der Waals surface area contributed by atoms with E-state index in [1.165, 1.54) is 0 Å². The lowest BCUT2D eigenvalue weighted by Crippen LogP contribution is -1.95. The van der Waals surface area contributed by atoms with Gasteiger partial charge in [-0.2, -0.15) is 0 Å². The number of fused-ring (bicyclic) bond motifs is 3. The first-order valence-electron chi connectivity index (χ1n) is 11.2. The van der Waals surface area contributed by atoms with E-state index in [0.29, 0.717) is 0 Å². The fourth-order valence-electron chi connectivity index (χ4n) is 3.98. The maximum absolute atomic E-state index is 9.01. The van der Waals surface area contributed by atoms with Crippen LogP contribution in [0.4, 0.5) is 0 Å². The van der Waals surface area contributed by atoms with Crippen molar-refractivity contribution in [2.45, 2.75) is 32.6 Å². The number of furan rings is 1. The van der Waals surface area contributed by atoms with E-state index in [1.54, 1.807) is 6.20 Å². The van der Waals surface area contributed by atoms with E-state index in [2.05, 4.69) is 11.1 Å². The second kappa shape index (κ2) is 7.46. The average molecular weight is 394 g/mol. The minimum Gasteiger partial charge on any atom is -0.455 e. The molecule has 1 unspecified atom stereocenters. The van der Waals surface area contributed by atoms with Crippen molar-refractivity contribution in [2.75, 3.05) is 0 Å². The summed E-state index contributed by atoms with van der Waals surface area (Å²) in [5.41, 5.74) is 5.97. The number of para-hydroxylation sites is 1. The summed E-state index contributed by atoms with van der Waals surface area (Å²) < 4.78 is 23.7. The van der Waals surface area contributed by atoms with E-state index < -0.39 is 11.8 Å². The van der Waals surface area contributed by atoms with Crippen molar-refractivity contribution in [3.63, 3.8) is 0 Å². The Labute approximate surface area is 180 Å². The molecule has 5 rings (SSSR count). The van der Waals surface area contributed by atoms with Crippen LogP contribution in [0.3, 0.4) is 0 Å². The molecule has 1 atom stereocenters. The fourth-order valence-corrected chi connectivity index (χ4v) is 3.98. The van der Waals surface area contributed by atoms with Crippen LogP contribution in [0.25, 0.3) is 33.2 Å². The molecule has 0 saturated carbocycles. The van der Waals surface area contributed by atoms with Gasteiger partial charge in [0.2, 0.25) is 0 Å². The number of pyridine rings is 1. The summed E-state index contributed by atoms with van der Waals surface area (Å²) in [5.74, 6) is -1.59. The van der Waals surface area contributed by atoms with Crippen LogP contribution in [0.2, 0.25) is 0 Å². The third kappa shape index (κ3) is 3.19. The van der Waals surface area contributed by atoms with E-state index >= 15 is 0 Å². The molecular weight excluding hydrogens is 366 g/mol. The minimum absolute atomic E-state index is 0.704. The highest BCUT2D eigenvalue weighted by atomic mass is 16.3. The van der Waals surface area contributed by atoms with Gasteiger partial charge in [0.1, 0.15) is 11.2 Å². The zero-order valence-electron chi connectivity index (χ0n) is 19.4. The number of hydrogen-bond acceptors (Lipinski definition) is 2. The topological polar surface area (TPSA) is 26.0 Å². The lowest BCUT2D eigenvalue weighted by molar-refractivity contribution is 0.668. The van der Waals surface area contributed by atoms with E-state index in [1.807, 2.05) is 93.6 Å². The maximum Gasteiger partial charge on any atom is 0.144 e. The van der Waals surface area contributed by atoms with Crippen LogP contribution < -0.4 is 0 Å². The highest BCUT2D eigenvalue weighted by Gasteiger charge is 2.16. The Morgan fingerprint density at radius 1 is 0.767 bits per heavy atom. The smallest absolute Gasteiger partial charge is 0.144 e. The van der Waals surface area contributed by atoms with Gasteiger partial charge in [-0.15, -0.1) is 0 Å². The van der Waals surface area contributed by atoms with Gasteiger partial charge in [-0.1, -0.05) is 75.4 Å². The Morgan fingerprint density at radius 3 is 2.40 bits per heavy atom. The highest BCUT2D eigenvalue weighted by Crippen LogP contribution is 2.37. The van der Waals surface area contributed by atoms with Crippen LogP contribution in [0, 0.1) is 0 Å². The molecule has 0 saturated heterocycles. The Morgan fingerprint density at radius 2 is 1.60 bits per heavy atom. The lowest BCUT2D eigenvalue weighted by Gasteiger charge is -2.12. The van der Waals surface area contributed by atoms with Crippen molar-refractivity contribution < 1.29 is 7.16 Å². The third-order valence-corrected chi connectivity index (χ3v) is 5.75. The second-order valence-corrected chi connectivity index (χ2v) is 7.92. The normalized spacial score (nSPS) is 15.0. The first kappa shape index (κ1) is 16.4. The lowest BCUT2D eigenvalue weighted by atomic mass is 9.92. The van der Waals surface area contributed by atoms with Gasteiger partial charge in [0.05, 0.1) is 5.69 Å². The first-order valence-corrected chi connectivity index (χ1v) is 10.2. The Bertz CT molecular complexity index is 1430. The summed E-state index contributed by atoms with van der Waals surface area (Å²) in [7, 11) is 0. The summed E-state index contributed by atoms with van der Waals surface area (Å²) in [6, 6.07) is 25.9. The standard InChI is InChI=1S/C28H25NO/c1-18(2)21-14-15-29-26(16-21)25-11-7-10-24-23-13-12-22(17-27(23)30-28(24)25)19(3)20-8-5-4-6-9-20/h4-19H,1-3H3/i18D,19D. The molecule has 0 N–H and O–H groups in total. The molecule has 5 aromatic rings. The first-order chi connectivity index (χ1) is 15.2. The molecule has 0 fully saturated rings. The van der Waals surface area contributed by atoms with Crippen molar-refractivity contribution in [1.82, 2.24) is 4.98 Å². The molecule has 0 bridgehead atoms. The average Bonchev–Trinajstić information content (AvgIpc) is 3.17. The van der Waals surface area contributed by atoms with Crippen LogP contribution in [0.1, 0.15) is 52.0 Å². The molecule has 2 heteroatoms. The van der Waals surface area contributed by atoms with Gasteiger partial charge in [-0.3, -0.25) is 4.98 Å². The van der Waals surface area contributed by atoms with Gasteiger partial charge >= 0.3 is 0 Å². The van der Waals surface area contributed by atoms with E-state index in [0.717, 1.165) is 49.9 Å². The number of rotatable bonds is 4. The highest BCUT2D eigenvalue weighted by molar-refractivity contribution is 6.09. The number of nitrogens with zero attached hydrogens (tertiary/aromatic N) is 1. The second-order valence-electron chi connectivity index (χ2n) is 7.92. The van der Waals surface area contributed by atoms with E-state index in [-0.39, 0.29) is 0 Å². The van der Waals surface area contributed by atoms with Crippen molar-refractivity contribution in [3.8, 4) is 11.3 Å². The van der Waals surface area contributed by atoms with Gasteiger partial charge in [-0.25, -0.2) is 0 Å². The summed E-state index contributed by atoms with van der Waals surface area (Å²) in [5, 5.41) is 2.04. The molecule has 0 aliphatic heterocycles. The van der Waals surface area contributed by atoms with Crippen molar-refractivity contribution in [2.24, 2.45) is 0 Å². The van der Waals surface area contributed by atoms with Crippen LogP contribution in [-0.4, -0.2) is 4.98 Å². The SMILES string of the molecule is [2H]C(C)(C)c1ccnc(-c2cccc3c2oc2cc(C([2H])(C)c4ccccc4)ccc23)c1.